The Labute approximate surface area is 195 Å². The molecule has 0 radical (unpaired) electrons. The van der Waals surface area contributed by atoms with E-state index in [9.17, 15) is 5.11 Å². The van der Waals surface area contributed by atoms with Gasteiger partial charge >= 0.3 is 0 Å². The molecule has 5 rings (SSSR count). The van der Waals surface area contributed by atoms with Crippen molar-refractivity contribution in [2.45, 2.75) is 95.5 Å². The summed E-state index contributed by atoms with van der Waals surface area (Å²) < 4.78 is 6.48. The number of anilines is 1. The number of hydrogen-bond donors (Lipinski definition) is 2. The minimum atomic E-state index is -0.298. The maximum Gasteiger partial charge on any atom is 0.222 e. The van der Waals surface area contributed by atoms with Crippen LogP contribution in [-0.2, 0) is 29.7 Å². The Hall–Kier alpha value is -1.54. The number of piperidine rings is 1. The van der Waals surface area contributed by atoms with Crippen LogP contribution in [0.3, 0.4) is 0 Å². The highest BCUT2D eigenvalue weighted by Crippen LogP contribution is 2.46. The van der Waals surface area contributed by atoms with E-state index >= 15 is 0 Å². The van der Waals surface area contributed by atoms with Gasteiger partial charge in [-0.25, -0.2) is 9.97 Å². The largest absolute Gasteiger partial charge is 0.391 e. The van der Waals surface area contributed by atoms with Crippen molar-refractivity contribution in [2.75, 3.05) is 18.5 Å². The van der Waals surface area contributed by atoms with Crippen LogP contribution in [0.25, 0.3) is 0 Å². The maximum atomic E-state index is 10.2. The van der Waals surface area contributed by atoms with Crippen LogP contribution >= 0.6 is 11.3 Å². The lowest BCUT2D eigenvalue weighted by atomic mass is 9.79. The summed E-state index contributed by atoms with van der Waals surface area (Å²) in [6.07, 6.45) is 11.9. The van der Waals surface area contributed by atoms with E-state index in [4.69, 9.17) is 4.74 Å². The van der Waals surface area contributed by atoms with Crippen LogP contribution in [0.1, 0.15) is 73.3 Å². The van der Waals surface area contributed by atoms with Gasteiger partial charge in [-0.15, -0.1) is 11.3 Å². The monoisotopic (exact) mass is 456 g/mol. The highest BCUT2D eigenvalue weighted by molar-refractivity contribution is 7.12. The molecule has 2 aliphatic heterocycles. The lowest BCUT2D eigenvalue weighted by Gasteiger charge is -2.47. The SMILES string of the molecule is CCc1cc2c(s1)CCO[C@@]21CCN(Cc2cnc(N[C@@H]3CCCC[C@H]3O)nc2)[C@@H](C)C1. The molecule has 0 amide bonds. The van der Waals surface area contributed by atoms with Crippen LogP contribution in [0.5, 0.6) is 0 Å². The average Bonchev–Trinajstić information content (AvgIpc) is 3.24. The van der Waals surface area contributed by atoms with E-state index in [0.29, 0.717) is 12.0 Å². The van der Waals surface area contributed by atoms with Crippen molar-refractivity contribution >= 4 is 17.3 Å². The molecule has 1 saturated carbocycles. The Bertz CT molecular complexity index is 917. The van der Waals surface area contributed by atoms with Crippen molar-refractivity contribution in [1.29, 1.82) is 0 Å². The van der Waals surface area contributed by atoms with Gasteiger partial charge in [0, 0.05) is 53.3 Å². The second kappa shape index (κ2) is 9.37. The van der Waals surface area contributed by atoms with E-state index in [2.05, 4.69) is 40.1 Å². The van der Waals surface area contributed by atoms with Gasteiger partial charge in [0.25, 0.3) is 0 Å². The number of nitrogens with one attached hydrogen (secondary N) is 1. The number of nitrogens with zero attached hydrogens (tertiary/aromatic N) is 3. The molecule has 7 heteroatoms. The number of aliphatic hydroxyl groups excluding tert-OH is 1. The van der Waals surface area contributed by atoms with E-state index in [-0.39, 0.29) is 17.7 Å². The molecule has 1 spiro atoms. The van der Waals surface area contributed by atoms with Crippen molar-refractivity contribution in [3.05, 3.63) is 39.3 Å². The van der Waals surface area contributed by atoms with Gasteiger partial charge in [-0.2, -0.15) is 0 Å². The van der Waals surface area contributed by atoms with Gasteiger partial charge in [0.2, 0.25) is 5.95 Å². The van der Waals surface area contributed by atoms with Crippen molar-refractivity contribution in [3.8, 4) is 0 Å². The van der Waals surface area contributed by atoms with Gasteiger partial charge in [-0.1, -0.05) is 19.8 Å². The van der Waals surface area contributed by atoms with Crippen LogP contribution in [-0.4, -0.2) is 51.3 Å². The van der Waals surface area contributed by atoms with Gasteiger partial charge in [0.05, 0.1) is 24.4 Å². The predicted octanol–water partition coefficient (Wildman–Crippen LogP) is 4.27. The Morgan fingerprint density at radius 3 is 2.84 bits per heavy atom. The molecule has 174 valence electrons. The number of thiophene rings is 1. The molecule has 1 aliphatic carbocycles. The molecule has 2 aromatic rings. The predicted molar refractivity (Wildman–Crippen MR) is 128 cm³/mol. The lowest BCUT2D eigenvalue weighted by Crippen LogP contribution is -2.50. The molecular weight excluding hydrogens is 420 g/mol. The van der Waals surface area contributed by atoms with Crippen LogP contribution in [0.2, 0.25) is 0 Å². The zero-order valence-electron chi connectivity index (χ0n) is 19.3. The number of ether oxygens (including phenoxy) is 1. The molecule has 0 unspecified atom stereocenters. The van der Waals surface area contributed by atoms with Gasteiger partial charge in [-0.05, 0) is 50.7 Å². The third kappa shape index (κ3) is 4.45. The fraction of sp³-hybridized carbons (Fsp3) is 0.680. The number of aliphatic hydroxyl groups is 1. The normalized spacial score (nSPS) is 30.9. The van der Waals surface area contributed by atoms with Gasteiger partial charge in [0.15, 0.2) is 0 Å². The van der Waals surface area contributed by atoms with Crippen LogP contribution in [0, 0.1) is 0 Å². The molecule has 4 atom stereocenters. The number of rotatable bonds is 5. The first-order chi connectivity index (χ1) is 15.6. The van der Waals surface area contributed by atoms with E-state index in [1.165, 1.54) is 10.4 Å². The van der Waals surface area contributed by atoms with Gasteiger partial charge in [-0.3, -0.25) is 4.90 Å². The first-order valence-electron chi connectivity index (χ1n) is 12.3. The molecular formula is C25H36N4O2S. The van der Waals surface area contributed by atoms with Crippen molar-refractivity contribution < 1.29 is 9.84 Å². The van der Waals surface area contributed by atoms with Crippen molar-refractivity contribution in [2.24, 2.45) is 0 Å². The molecule has 1 saturated heterocycles. The van der Waals surface area contributed by atoms with E-state index in [1.807, 2.05) is 23.7 Å². The van der Waals surface area contributed by atoms with Crippen LogP contribution in [0.15, 0.2) is 18.5 Å². The number of aryl methyl sites for hydroxylation is 1. The molecule has 2 aromatic heterocycles. The van der Waals surface area contributed by atoms with Crippen LogP contribution < -0.4 is 5.32 Å². The zero-order chi connectivity index (χ0) is 22.1. The molecule has 6 nitrogen and oxygen atoms in total. The smallest absolute Gasteiger partial charge is 0.222 e. The Kier molecular flexibility index (Phi) is 6.52. The molecule has 2 N–H and O–H groups in total. The minimum absolute atomic E-state index is 0.0682. The first-order valence-corrected chi connectivity index (χ1v) is 13.1. The quantitative estimate of drug-likeness (QED) is 0.700. The summed E-state index contributed by atoms with van der Waals surface area (Å²) in [5.41, 5.74) is 2.51. The molecule has 0 aromatic carbocycles. The summed E-state index contributed by atoms with van der Waals surface area (Å²) in [6, 6.07) is 2.93. The Morgan fingerprint density at radius 1 is 1.28 bits per heavy atom. The molecule has 4 heterocycles. The minimum Gasteiger partial charge on any atom is -0.391 e. The summed E-state index contributed by atoms with van der Waals surface area (Å²) in [5, 5.41) is 13.5. The van der Waals surface area contributed by atoms with E-state index < -0.39 is 0 Å². The number of likely N-dealkylation sites (tertiary alicyclic amines) is 1. The molecule has 0 bridgehead atoms. The van der Waals surface area contributed by atoms with Gasteiger partial charge < -0.3 is 15.2 Å². The number of aromatic nitrogens is 2. The van der Waals surface area contributed by atoms with Crippen molar-refractivity contribution in [3.63, 3.8) is 0 Å². The third-order valence-corrected chi connectivity index (χ3v) is 8.93. The van der Waals surface area contributed by atoms with E-state index in [0.717, 1.165) is 76.6 Å². The lowest BCUT2D eigenvalue weighted by molar-refractivity contribution is -0.112. The number of hydrogen-bond acceptors (Lipinski definition) is 7. The van der Waals surface area contributed by atoms with E-state index in [1.54, 1.807) is 4.88 Å². The highest BCUT2D eigenvalue weighted by atomic mass is 32.1. The fourth-order valence-electron chi connectivity index (χ4n) is 5.70. The fourth-order valence-corrected chi connectivity index (χ4v) is 6.88. The molecule has 3 aliphatic rings. The highest BCUT2D eigenvalue weighted by Gasteiger charge is 2.44. The summed E-state index contributed by atoms with van der Waals surface area (Å²) in [5.74, 6) is 0.623. The second-order valence-corrected chi connectivity index (χ2v) is 11.0. The zero-order valence-corrected chi connectivity index (χ0v) is 20.2. The topological polar surface area (TPSA) is 70.5 Å². The molecule has 32 heavy (non-hydrogen) atoms. The van der Waals surface area contributed by atoms with Crippen LogP contribution in [0.4, 0.5) is 5.95 Å². The second-order valence-electron chi connectivity index (χ2n) is 9.79. The first kappa shape index (κ1) is 22.3. The maximum absolute atomic E-state index is 10.2. The Morgan fingerprint density at radius 2 is 2.09 bits per heavy atom. The average molecular weight is 457 g/mol. The molecule has 2 fully saturated rings. The standard InChI is InChI=1S/C25H36N4O2S/c1-3-19-12-20-23(32-19)8-11-31-25(20)9-10-29(17(2)13-25)16-18-14-26-24(27-15-18)28-21-6-4-5-7-22(21)30/h12,14-15,17,21-22,30H,3-11,13,16H2,1-2H3,(H,26,27,28)/t17-,21+,22+,25+/m0/s1. The number of fused-ring (bicyclic) bond motifs is 2. The summed E-state index contributed by atoms with van der Waals surface area (Å²) in [7, 11) is 0. The van der Waals surface area contributed by atoms with Crippen molar-refractivity contribution in [1.82, 2.24) is 14.9 Å². The third-order valence-electron chi connectivity index (χ3n) is 7.59. The summed E-state index contributed by atoms with van der Waals surface area (Å²) in [6.45, 7) is 7.30. The Balaban J connectivity index is 1.21. The summed E-state index contributed by atoms with van der Waals surface area (Å²) in [4.78, 5) is 14.7. The summed E-state index contributed by atoms with van der Waals surface area (Å²) >= 11 is 1.99. The van der Waals surface area contributed by atoms with Gasteiger partial charge in [0.1, 0.15) is 0 Å².